The number of nitrogens with one attached hydrogen (secondary N) is 2. The predicted molar refractivity (Wildman–Crippen MR) is 81.6 cm³/mol. The second kappa shape index (κ2) is 5.00. The first-order valence-corrected chi connectivity index (χ1v) is 7.50. The van der Waals surface area contributed by atoms with E-state index in [2.05, 4.69) is 22.9 Å². The zero-order valence-electron chi connectivity index (χ0n) is 12.3. The van der Waals surface area contributed by atoms with Crippen molar-refractivity contribution in [3.05, 3.63) is 24.3 Å². The molecular formula is C16H23N3O. The SMILES string of the molecule is CC1(C)CN(c2ccccc2NC2CCCC2)NC1=O. The molecule has 1 amide bonds. The predicted octanol–water partition coefficient (Wildman–Crippen LogP) is 2.92. The summed E-state index contributed by atoms with van der Waals surface area (Å²) < 4.78 is 0. The van der Waals surface area contributed by atoms with Gasteiger partial charge in [0.25, 0.3) is 0 Å². The fourth-order valence-corrected chi connectivity index (χ4v) is 3.05. The Morgan fingerprint density at radius 2 is 1.95 bits per heavy atom. The van der Waals surface area contributed by atoms with Crippen LogP contribution in [-0.4, -0.2) is 18.5 Å². The van der Waals surface area contributed by atoms with Gasteiger partial charge in [-0.3, -0.25) is 15.2 Å². The summed E-state index contributed by atoms with van der Waals surface area (Å²) in [6, 6.07) is 8.81. The highest BCUT2D eigenvalue weighted by Crippen LogP contribution is 2.33. The number of para-hydroxylation sites is 2. The molecule has 1 saturated heterocycles. The normalized spacial score (nSPS) is 22.1. The lowest BCUT2D eigenvalue weighted by atomic mass is 9.94. The summed E-state index contributed by atoms with van der Waals surface area (Å²) in [4.78, 5) is 12.0. The van der Waals surface area contributed by atoms with Crippen LogP contribution >= 0.6 is 0 Å². The zero-order valence-corrected chi connectivity index (χ0v) is 12.3. The molecule has 1 aliphatic carbocycles. The summed E-state index contributed by atoms with van der Waals surface area (Å²) >= 11 is 0. The van der Waals surface area contributed by atoms with Gasteiger partial charge in [0.15, 0.2) is 0 Å². The molecule has 108 valence electrons. The Labute approximate surface area is 120 Å². The Morgan fingerprint density at radius 1 is 1.25 bits per heavy atom. The van der Waals surface area contributed by atoms with Crippen molar-refractivity contribution in [2.75, 3.05) is 16.9 Å². The van der Waals surface area contributed by atoms with E-state index in [4.69, 9.17) is 0 Å². The van der Waals surface area contributed by atoms with E-state index in [1.54, 1.807) is 0 Å². The second-order valence-electron chi connectivity index (χ2n) is 6.55. The minimum absolute atomic E-state index is 0.0909. The fraction of sp³-hybridized carbons (Fsp3) is 0.562. The van der Waals surface area contributed by atoms with Gasteiger partial charge in [0.2, 0.25) is 5.91 Å². The summed E-state index contributed by atoms with van der Waals surface area (Å²) in [5.74, 6) is 0.0909. The topological polar surface area (TPSA) is 44.4 Å². The van der Waals surface area contributed by atoms with Crippen molar-refractivity contribution >= 4 is 17.3 Å². The molecule has 0 spiro atoms. The van der Waals surface area contributed by atoms with Gasteiger partial charge < -0.3 is 5.32 Å². The molecule has 0 radical (unpaired) electrons. The molecular weight excluding hydrogens is 250 g/mol. The Balaban J connectivity index is 1.81. The number of hydrogen-bond donors (Lipinski definition) is 2. The van der Waals surface area contributed by atoms with Crippen molar-refractivity contribution in [3.8, 4) is 0 Å². The number of carbonyl (C=O) groups excluding carboxylic acids is 1. The van der Waals surface area contributed by atoms with Crippen molar-refractivity contribution in [2.24, 2.45) is 5.41 Å². The molecule has 2 N–H and O–H groups in total. The van der Waals surface area contributed by atoms with E-state index in [9.17, 15) is 4.79 Å². The van der Waals surface area contributed by atoms with Crippen LogP contribution in [0.25, 0.3) is 0 Å². The van der Waals surface area contributed by atoms with Crippen LogP contribution in [0.1, 0.15) is 39.5 Å². The van der Waals surface area contributed by atoms with Gasteiger partial charge in [0.1, 0.15) is 0 Å². The minimum atomic E-state index is -0.333. The molecule has 1 heterocycles. The lowest BCUT2D eigenvalue weighted by Crippen LogP contribution is -2.34. The number of anilines is 2. The summed E-state index contributed by atoms with van der Waals surface area (Å²) in [6.45, 7) is 4.67. The van der Waals surface area contributed by atoms with E-state index in [1.807, 2.05) is 31.0 Å². The van der Waals surface area contributed by atoms with E-state index < -0.39 is 0 Å². The minimum Gasteiger partial charge on any atom is -0.381 e. The fourth-order valence-electron chi connectivity index (χ4n) is 3.05. The summed E-state index contributed by atoms with van der Waals surface area (Å²) in [6.07, 6.45) is 5.11. The first-order valence-electron chi connectivity index (χ1n) is 7.50. The Bertz CT molecular complexity index is 506. The largest absolute Gasteiger partial charge is 0.381 e. The Kier molecular flexibility index (Phi) is 3.32. The maximum atomic E-state index is 12.0. The van der Waals surface area contributed by atoms with Gasteiger partial charge in [0.05, 0.1) is 23.3 Å². The molecule has 1 aliphatic heterocycles. The number of hydrogen-bond acceptors (Lipinski definition) is 3. The lowest BCUT2D eigenvalue weighted by Gasteiger charge is -2.24. The number of amides is 1. The molecule has 0 unspecified atom stereocenters. The lowest BCUT2D eigenvalue weighted by molar-refractivity contribution is -0.125. The van der Waals surface area contributed by atoms with Crippen molar-refractivity contribution in [2.45, 2.75) is 45.6 Å². The third-order valence-electron chi connectivity index (χ3n) is 4.31. The van der Waals surface area contributed by atoms with Crippen LogP contribution in [0.4, 0.5) is 11.4 Å². The van der Waals surface area contributed by atoms with Crippen LogP contribution in [0, 0.1) is 5.41 Å². The summed E-state index contributed by atoms with van der Waals surface area (Å²) in [7, 11) is 0. The van der Waals surface area contributed by atoms with Gasteiger partial charge in [-0.2, -0.15) is 0 Å². The van der Waals surface area contributed by atoms with Gasteiger partial charge in [-0.05, 0) is 38.8 Å². The highest BCUT2D eigenvalue weighted by Gasteiger charge is 2.38. The van der Waals surface area contributed by atoms with Crippen LogP contribution in [-0.2, 0) is 4.79 Å². The molecule has 2 aliphatic rings. The van der Waals surface area contributed by atoms with Gasteiger partial charge in [0, 0.05) is 6.04 Å². The third kappa shape index (κ3) is 2.47. The van der Waals surface area contributed by atoms with E-state index in [0.29, 0.717) is 12.6 Å². The molecule has 1 saturated carbocycles. The molecule has 0 bridgehead atoms. The van der Waals surface area contributed by atoms with Crippen molar-refractivity contribution < 1.29 is 4.79 Å². The monoisotopic (exact) mass is 273 g/mol. The highest BCUT2D eigenvalue weighted by molar-refractivity contribution is 5.88. The maximum Gasteiger partial charge on any atom is 0.246 e. The first-order chi connectivity index (χ1) is 9.56. The van der Waals surface area contributed by atoms with Crippen LogP contribution in [0.15, 0.2) is 24.3 Å². The first kappa shape index (κ1) is 13.3. The number of carbonyl (C=O) groups is 1. The van der Waals surface area contributed by atoms with Gasteiger partial charge in [-0.25, -0.2) is 0 Å². The second-order valence-corrected chi connectivity index (χ2v) is 6.55. The molecule has 0 atom stereocenters. The molecule has 1 aromatic carbocycles. The average molecular weight is 273 g/mol. The van der Waals surface area contributed by atoms with Crippen LogP contribution < -0.4 is 15.8 Å². The van der Waals surface area contributed by atoms with Gasteiger partial charge in [-0.15, -0.1) is 0 Å². The van der Waals surface area contributed by atoms with Crippen molar-refractivity contribution in [1.29, 1.82) is 0 Å². The standard InChI is InChI=1S/C16H23N3O/c1-16(2)11-19(18-15(16)20)14-10-6-5-9-13(14)17-12-7-3-4-8-12/h5-6,9-10,12,17H,3-4,7-8,11H2,1-2H3,(H,18,20). The molecule has 1 aromatic rings. The third-order valence-corrected chi connectivity index (χ3v) is 4.31. The quantitative estimate of drug-likeness (QED) is 0.890. The number of rotatable bonds is 3. The number of hydrazine groups is 1. The smallest absolute Gasteiger partial charge is 0.246 e. The van der Waals surface area contributed by atoms with Crippen LogP contribution in [0.5, 0.6) is 0 Å². The van der Waals surface area contributed by atoms with E-state index >= 15 is 0 Å². The molecule has 3 rings (SSSR count). The van der Waals surface area contributed by atoms with Gasteiger partial charge >= 0.3 is 0 Å². The average Bonchev–Trinajstić information content (AvgIpc) is 2.99. The van der Waals surface area contributed by atoms with E-state index in [-0.39, 0.29) is 11.3 Å². The van der Waals surface area contributed by atoms with E-state index in [1.165, 1.54) is 25.7 Å². The summed E-state index contributed by atoms with van der Waals surface area (Å²) in [5, 5.41) is 5.61. The molecule has 4 heteroatoms. The Hall–Kier alpha value is -1.71. The van der Waals surface area contributed by atoms with Crippen molar-refractivity contribution in [3.63, 3.8) is 0 Å². The Morgan fingerprint density at radius 3 is 2.60 bits per heavy atom. The van der Waals surface area contributed by atoms with Gasteiger partial charge in [-0.1, -0.05) is 25.0 Å². The molecule has 0 aromatic heterocycles. The summed E-state index contributed by atoms with van der Waals surface area (Å²) in [5.41, 5.74) is 4.84. The zero-order chi connectivity index (χ0) is 14.2. The van der Waals surface area contributed by atoms with Crippen LogP contribution in [0.3, 0.4) is 0 Å². The molecule has 4 nitrogen and oxygen atoms in total. The maximum absolute atomic E-state index is 12.0. The van der Waals surface area contributed by atoms with Crippen molar-refractivity contribution in [1.82, 2.24) is 5.43 Å². The number of benzene rings is 1. The van der Waals surface area contributed by atoms with E-state index in [0.717, 1.165) is 11.4 Å². The highest BCUT2D eigenvalue weighted by atomic mass is 16.2. The van der Waals surface area contributed by atoms with Crippen LogP contribution in [0.2, 0.25) is 0 Å². The number of nitrogens with zero attached hydrogens (tertiary/aromatic N) is 1. The molecule has 20 heavy (non-hydrogen) atoms. The molecule has 2 fully saturated rings.